The van der Waals surface area contributed by atoms with E-state index in [4.69, 9.17) is 0 Å². The predicted molar refractivity (Wildman–Crippen MR) is 90.7 cm³/mol. The smallest absolute Gasteiger partial charge is 0.234 e. The van der Waals surface area contributed by atoms with Crippen LogP contribution in [0.15, 0.2) is 24.3 Å². The Morgan fingerprint density at radius 2 is 1.92 bits per heavy atom. The molecule has 2 N–H and O–H groups in total. The Morgan fingerprint density at radius 1 is 1.21 bits per heavy atom. The van der Waals surface area contributed by atoms with E-state index in [9.17, 15) is 14.0 Å². The molecule has 5 nitrogen and oxygen atoms in total. The summed E-state index contributed by atoms with van der Waals surface area (Å²) in [4.78, 5) is 26.0. The maximum absolute atomic E-state index is 13.5. The van der Waals surface area contributed by atoms with Crippen LogP contribution in [0, 0.1) is 11.7 Å². The molecule has 1 aromatic rings. The number of likely N-dealkylation sites (tertiary alicyclic amines) is 1. The van der Waals surface area contributed by atoms with E-state index in [1.807, 2.05) is 11.8 Å². The van der Waals surface area contributed by atoms with Gasteiger partial charge in [-0.1, -0.05) is 25.1 Å². The van der Waals surface area contributed by atoms with Crippen LogP contribution in [0.3, 0.4) is 0 Å². The van der Waals surface area contributed by atoms with Gasteiger partial charge in [0.2, 0.25) is 11.8 Å². The quantitative estimate of drug-likeness (QED) is 0.797. The van der Waals surface area contributed by atoms with Crippen LogP contribution in [0.25, 0.3) is 0 Å². The third kappa shape index (κ3) is 5.60. The zero-order chi connectivity index (χ0) is 17.4. The molecule has 0 radical (unpaired) electrons. The van der Waals surface area contributed by atoms with E-state index in [2.05, 4.69) is 10.6 Å². The summed E-state index contributed by atoms with van der Waals surface area (Å²) >= 11 is 0. The van der Waals surface area contributed by atoms with E-state index in [0.717, 1.165) is 38.9 Å². The fourth-order valence-corrected chi connectivity index (χ4v) is 2.84. The summed E-state index contributed by atoms with van der Waals surface area (Å²) in [6.07, 6.45) is 2.49. The molecule has 1 heterocycles. The summed E-state index contributed by atoms with van der Waals surface area (Å²) in [7, 11) is 0. The van der Waals surface area contributed by atoms with Crippen LogP contribution < -0.4 is 10.6 Å². The molecule has 0 aromatic heterocycles. The Hall–Kier alpha value is -1.95. The highest BCUT2D eigenvalue weighted by Gasteiger charge is 2.25. The molecule has 2 rings (SSSR count). The largest absolute Gasteiger partial charge is 0.356 e. The number of rotatable bonds is 7. The summed E-state index contributed by atoms with van der Waals surface area (Å²) in [6, 6.07) is 6.42. The van der Waals surface area contributed by atoms with Crippen molar-refractivity contribution in [3.05, 3.63) is 35.6 Å². The first-order chi connectivity index (χ1) is 11.6. The highest BCUT2D eigenvalue weighted by Crippen LogP contribution is 2.17. The zero-order valence-corrected chi connectivity index (χ0v) is 14.2. The summed E-state index contributed by atoms with van der Waals surface area (Å²) in [6.45, 7) is 4.70. The van der Waals surface area contributed by atoms with Crippen molar-refractivity contribution in [1.82, 2.24) is 15.5 Å². The van der Waals surface area contributed by atoms with Gasteiger partial charge in [-0.15, -0.1) is 0 Å². The molecule has 1 aromatic carbocycles. The Labute approximate surface area is 142 Å². The lowest BCUT2D eigenvalue weighted by molar-refractivity contribution is -0.126. The SMILES string of the molecule is CCCNC(=O)C1CCN(CC(=O)NCc2ccccc2F)CC1. The van der Waals surface area contributed by atoms with E-state index >= 15 is 0 Å². The van der Waals surface area contributed by atoms with Gasteiger partial charge in [0, 0.05) is 24.6 Å². The van der Waals surface area contributed by atoms with Crippen LogP contribution in [-0.2, 0) is 16.1 Å². The first-order valence-corrected chi connectivity index (χ1v) is 8.60. The van der Waals surface area contributed by atoms with Crippen molar-refractivity contribution < 1.29 is 14.0 Å². The lowest BCUT2D eigenvalue weighted by Crippen LogP contribution is -2.44. The third-order valence-corrected chi connectivity index (χ3v) is 4.31. The molecule has 1 aliphatic rings. The summed E-state index contributed by atoms with van der Waals surface area (Å²) < 4.78 is 13.5. The molecular formula is C18H26FN3O2. The van der Waals surface area contributed by atoms with Gasteiger partial charge in [0.05, 0.1) is 6.54 Å². The second kappa shape index (κ2) is 9.37. The zero-order valence-electron chi connectivity index (χ0n) is 14.2. The molecule has 0 saturated carbocycles. The fourth-order valence-electron chi connectivity index (χ4n) is 2.84. The molecule has 0 spiro atoms. The van der Waals surface area contributed by atoms with Crippen molar-refractivity contribution in [2.24, 2.45) is 5.92 Å². The molecule has 0 aliphatic carbocycles. The molecule has 24 heavy (non-hydrogen) atoms. The second-order valence-corrected chi connectivity index (χ2v) is 6.21. The summed E-state index contributed by atoms with van der Waals surface area (Å²) in [5.41, 5.74) is 0.483. The Balaban J connectivity index is 1.69. The van der Waals surface area contributed by atoms with Crippen LogP contribution >= 0.6 is 0 Å². The van der Waals surface area contributed by atoms with E-state index in [1.165, 1.54) is 6.07 Å². The average Bonchev–Trinajstić information content (AvgIpc) is 2.59. The number of piperidine rings is 1. The van der Waals surface area contributed by atoms with Gasteiger partial charge in [0.25, 0.3) is 0 Å². The van der Waals surface area contributed by atoms with E-state index in [0.29, 0.717) is 5.56 Å². The van der Waals surface area contributed by atoms with Crippen molar-refractivity contribution in [1.29, 1.82) is 0 Å². The lowest BCUT2D eigenvalue weighted by Gasteiger charge is -2.30. The molecule has 1 fully saturated rings. The fraction of sp³-hybridized carbons (Fsp3) is 0.556. The van der Waals surface area contributed by atoms with Crippen molar-refractivity contribution in [2.45, 2.75) is 32.7 Å². The van der Waals surface area contributed by atoms with Gasteiger partial charge in [0.1, 0.15) is 5.82 Å². The molecule has 6 heteroatoms. The number of amides is 2. The van der Waals surface area contributed by atoms with Crippen LogP contribution in [0.2, 0.25) is 0 Å². The van der Waals surface area contributed by atoms with Gasteiger partial charge in [-0.2, -0.15) is 0 Å². The predicted octanol–water partition coefficient (Wildman–Crippen LogP) is 1.68. The van der Waals surface area contributed by atoms with Gasteiger partial charge in [0.15, 0.2) is 0 Å². The minimum absolute atomic E-state index is 0.0503. The Kier molecular flexibility index (Phi) is 7.18. The van der Waals surface area contributed by atoms with Crippen LogP contribution in [0.4, 0.5) is 4.39 Å². The van der Waals surface area contributed by atoms with E-state index < -0.39 is 0 Å². The van der Waals surface area contributed by atoms with Crippen molar-refractivity contribution in [3.63, 3.8) is 0 Å². The molecule has 0 atom stereocenters. The number of carbonyl (C=O) groups excluding carboxylic acids is 2. The van der Waals surface area contributed by atoms with E-state index in [-0.39, 0.29) is 36.6 Å². The normalized spacial score (nSPS) is 15.9. The Morgan fingerprint density at radius 3 is 2.58 bits per heavy atom. The molecule has 0 bridgehead atoms. The summed E-state index contributed by atoms with van der Waals surface area (Å²) in [5.74, 6) is -0.251. The molecule has 1 saturated heterocycles. The van der Waals surface area contributed by atoms with Crippen molar-refractivity contribution in [2.75, 3.05) is 26.2 Å². The maximum atomic E-state index is 13.5. The second-order valence-electron chi connectivity index (χ2n) is 6.21. The first kappa shape index (κ1) is 18.4. The number of halogens is 1. The van der Waals surface area contributed by atoms with Crippen LogP contribution in [-0.4, -0.2) is 42.9 Å². The highest BCUT2D eigenvalue weighted by atomic mass is 19.1. The van der Waals surface area contributed by atoms with Gasteiger partial charge < -0.3 is 10.6 Å². The Bertz CT molecular complexity index is 557. The molecule has 2 amide bonds. The molecule has 0 unspecified atom stereocenters. The number of benzene rings is 1. The van der Waals surface area contributed by atoms with Gasteiger partial charge in [-0.05, 0) is 38.4 Å². The monoisotopic (exact) mass is 335 g/mol. The third-order valence-electron chi connectivity index (χ3n) is 4.31. The average molecular weight is 335 g/mol. The molecule has 1 aliphatic heterocycles. The van der Waals surface area contributed by atoms with Gasteiger partial charge in [-0.25, -0.2) is 4.39 Å². The number of hydrogen-bond acceptors (Lipinski definition) is 3. The van der Waals surface area contributed by atoms with E-state index in [1.54, 1.807) is 18.2 Å². The molecule has 132 valence electrons. The summed E-state index contributed by atoms with van der Waals surface area (Å²) in [5, 5.41) is 5.68. The number of carbonyl (C=O) groups is 2. The van der Waals surface area contributed by atoms with Gasteiger partial charge >= 0.3 is 0 Å². The number of nitrogens with zero attached hydrogens (tertiary/aromatic N) is 1. The van der Waals surface area contributed by atoms with Crippen molar-refractivity contribution >= 4 is 11.8 Å². The van der Waals surface area contributed by atoms with Crippen molar-refractivity contribution in [3.8, 4) is 0 Å². The minimum Gasteiger partial charge on any atom is -0.356 e. The minimum atomic E-state index is -0.309. The van der Waals surface area contributed by atoms with Crippen LogP contribution in [0.5, 0.6) is 0 Å². The maximum Gasteiger partial charge on any atom is 0.234 e. The standard InChI is InChI=1S/C18H26FN3O2/c1-2-9-20-18(24)14-7-10-22(11-8-14)13-17(23)21-12-15-5-3-4-6-16(15)19/h3-6,14H,2,7-13H2,1H3,(H,20,24)(H,21,23). The number of hydrogen-bond donors (Lipinski definition) is 2. The lowest BCUT2D eigenvalue weighted by atomic mass is 9.96. The topological polar surface area (TPSA) is 61.4 Å². The van der Waals surface area contributed by atoms with Crippen LogP contribution in [0.1, 0.15) is 31.7 Å². The highest BCUT2D eigenvalue weighted by molar-refractivity contribution is 5.79. The molecular weight excluding hydrogens is 309 g/mol. The first-order valence-electron chi connectivity index (χ1n) is 8.60. The number of nitrogens with one attached hydrogen (secondary N) is 2. The van der Waals surface area contributed by atoms with Gasteiger partial charge in [-0.3, -0.25) is 14.5 Å².